The first kappa shape index (κ1) is 18.5. The summed E-state index contributed by atoms with van der Waals surface area (Å²) in [5, 5.41) is 6.46. The normalized spacial score (nSPS) is 13.9. The highest BCUT2D eigenvalue weighted by Gasteiger charge is 2.59. The van der Waals surface area contributed by atoms with Crippen LogP contribution in [-0.2, 0) is 15.7 Å². The van der Waals surface area contributed by atoms with Crippen molar-refractivity contribution in [1.82, 2.24) is 9.55 Å². The first-order valence-electron chi connectivity index (χ1n) is 6.31. The number of rotatable bonds is 7. The average Bonchev–Trinajstić information content (AvgIpc) is 2.76. The van der Waals surface area contributed by atoms with Gasteiger partial charge < -0.3 is 29.2 Å². The summed E-state index contributed by atoms with van der Waals surface area (Å²) in [4.78, 5) is 40.4. The predicted octanol–water partition coefficient (Wildman–Crippen LogP) is 0.788. The summed E-state index contributed by atoms with van der Waals surface area (Å²) in [5.41, 5.74) is 0.556. The zero-order valence-electron chi connectivity index (χ0n) is 11.7. The summed E-state index contributed by atoms with van der Waals surface area (Å²) in [6, 6.07) is 0. The van der Waals surface area contributed by atoms with E-state index in [0.717, 1.165) is 0 Å². The Morgan fingerprint density at radius 1 is 1.19 bits per heavy atom. The van der Waals surface area contributed by atoms with E-state index in [1.165, 1.54) is 17.1 Å². The third-order valence-electron chi connectivity index (χ3n) is 3.46. The van der Waals surface area contributed by atoms with Crippen molar-refractivity contribution in [3.05, 3.63) is 18.2 Å². The first-order chi connectivity index (χ1) is 9.48. The summed E-state index contributed by atoms with van der Waals surface area (Å²) in [5.74, 6) is 0.00490. The van der Waals surface area contributed by atoms with Crippen LogP contribution in [0.25, 0.3) is 0 Å². The van der Waals surface area contributed by atoms with Gasteiger partial charge in [0.25, 0.3) is 5.08 Å². The molecule has 0 bridgehead atoms. The monoisotopic (exact) mass is 342 g/mol. The number of nitrogens with zero attached hydrogens (tertiary/aromatic N) is 2. The topological polar surface area (TPSA) is 153 Å². The van der Waals surface area contributed by atoms with Crippen LogP contribution in [0.4, 0.5) is 0 Å². The van der Waals surface area contributed by atoms with E-state index in [4.69, 9.17) is 19.6 Å². The molecule has 9 nitrogen and oxygen atoms in total. The minimum Gasteiger partial charge on any atom is -0.366 e. The first-order valence-corrected chi connectivity index (χ1v) is 9.54. The van der Waals surface area contributed by atoms with Gasteiger partial charge in [0.1, 0.15) is 0 Å². The molecule has 21 heavy (non-hydrogen) atoms. The molecule has 0 saturated carbocycles. The molecule has 0 aliphatic carbocycles. The van der Waals surface area contributed by atoms with Crippen molar-refractivity contribution in [2.45, 2.75) is 44.2 Å². The molecular weight excluding hydrogens is 322 g/mol. The van der Waals surface area contributed by atoms with Gasteiger partial charge in [-0.25, -0.2) is 4.98 Å². The average molecular weight is 342 g/mol. The Hall–Kier alpha value is -0.530. The van der Waals surface area contributed by atoms with Crippen molar-refractivity contribution < 1.29 is 33.8 Å². The Kier molecular flexibility index (Phi) is 5.56. The summed E-state index contributed by atoms with van der Waals surface area (Å²) in [6.07, 6.45) is 4.07. The maximum Gasteiger partial charge on any atom is 0.371 e. The van der Waals surface area contributed by atoms with Gasteiger partial charge in [-0.2, -0.15) is 0 Å². The van der Waals surface area contributed by atoms with Crippen molar-refractivity contribution in [3.8, 4) is 0 Å². The molecule has 1 rings (SSSR count). The fourth-order valence-electron chi connectivity index (χ4n) is 2.09. The van der Waals surface area contributed by atoms with Crippen molar-refractivity contribution in [2.24, 2.45) is 0 Å². The van der Waals surface area contributed by atoms with Gasteiger partial charge >= 0.3 is 15.2 Å². The highest BCUT2D eigenvalue weighted by molar-refractivity contribution is 7.72. The summed E-state index contributed by atoms with van der Waals surface area (Å²) in [6.45, 7) is 2.88. The van der Waals surface area contributed by atoms with E-state index in [1.807, 2.05) is 13.8 Å². The van der Waals surface area contributed by atoms with Crippen LogP contribution in [0.3, 0.4) is 0 Å². The SMILES string of the molecule is CCC(CC)c1cncn1CC(O)(P(=O)(O)O)P(=O)(O)O. The van der Waals surface area contributed by atoms with Gasteiger partial charge in [0.05, 0.1) is 12.9 Å². The fourth-order valence-corrected chi connectivity index (χ4v) is 4.12. The Bertz CT molecular complexity index is 550. The van der Waals surface area contributed by atoms with Crippen LogP contribution in [0.5, 0.6) is 0 Å². The molecule has 0 aliphatic rings. The molecule has 0 aromatic carbocycles. The smallest absolute Gasteiger partial charge is 0.366 e. The van der Waals surface area contributed by atoms with E-state index in [9.17, 15) is 14.2 Å². The second-order valence-corrected chi connectivity index (χ2v) is 8.83. The van der Waals surface area contributed by atoms with Crippen LogP contribution in [0, 0.1) is 0 Å². The number of hydrogen-bond donors (Lipinski definition) is 5. The maximum atomic E-state index is 11.4. The number of aliphatic hydroxyl groups is 1. The van der Waals surface area contributed by atoms with Gasteiger partial charge in [-0.1, -0.05) is 13.8 Å². The summed E-state index contributed by atoms with van der Waals surface area (Å²) >= 11 is 0. The van der Waals surface area contributed by atoms with Gasteiger partial charge in [0.2, 0.25) is 0 Å². The Labute approximate surface area is 122 Å². The predicted molar refractivity (Wildman–Crippen MR) is 74.6 cm³/mol. The van der Waals surface area contributed by atoms with E-state index in [0.29, 0.717) is 18.5 Å². The molecule has 1 aromatic heterocycles. The second-order valence-electron chi connectivity index (χ2n) is 4.82. The molecule has 11 heteroatoms. The molecule has 0 unspecified atom stereocenters. The molecule has 122 valence electrons. The van der Waals surface area contributed by atoms with E-state index in [2.05, 4.69) is 4.98 Å². The molecule has 0 amide bonds. The van der Waals surface area contributed by atoms with Crippen molar-refractivity contribution in [1.29, 1.82) is 0 Å². The van der Waals surface area contributed by atoms with Gasteiger partial charge in [-0.15, -0.1) is 0 Å². The molecule has 0 fully saturated rings. The lowest BCUT2D eigenvalue weighted by molar-refractivity contribution is 0.114. The van der Waals surface area contributed by atoms with E-state index >= 15 is 0 Å². The van der Waals surface area contributed by atoms with E-state index in [-0.39, 0.29) is 5.92 Å². The molecule has 0 saturated heterocycles. The third-order valence-corrected chi connectivity index (χ3v) is 7.18. The molecule has 5 N–H and O–H groups in total. The van der Waals surface area contributed by atoms with Crippen molar-refractivity contribution in [3.63, 3.8) is 0 Å². The van der Waals surface area contributed by atoms with E-state index in [1.54, 1.807) is 0 Å². The summed E-state index contributed by atoms with van der Waals surface area (Å²) < 4.78 is 23.9. The number of aromatic nitrogens is 2. The van der Waals surface area contributed by atoms with Crippen LogP contribution >= 0.6 is 15.2 Å². The minimum absolute atomic E-state index is 0.00490. The number of imidazole rings is 1. The maximum absolute atomic E-state index is 11.4. The molecular formula is C10H20N2O7P2. The van der Waals surface area contributed by atoms with E-state index < -0.39 is 26.8 Å². The largest absolute Gasteiger partial charge is 0.371 e. The Morgan fingerprint density at radius 3 is 2.05 bits per heavy atom. The highest BCUT2D eigenvalue weighted by atomic mass is 31.2. The standard InChI is InChI=1S/C10H20N2O7P2/c1-3-8(4-2)9-5-11-7-12(9)6-10(13,20(14,15)16)21(17,18)19/h5,7-8,13H,3-4,6H2,1-2H3,(H2,14,15,16)(H2,17,18,19). The van der Waals surface area contributed by atoms with Crippen LogP contribution in [-0.4, -0.2) is 39.3 Å². The van der Waals surface area contributed by atoms with Crippen molar-refractivity contribution in [2.75, 3.05) is 0 Å². The van der Waals surface area contributed by atoms with Crippen LogP contribution in [0.2, 0.25) is 0 Å². The molecule has 1 aromatic rings. The molecule has 0 aliphatic heterocycles. The Morgan fingerprint density at radius 2 is 1.67 bits per heavy atom. The quantitative estimate of drug-likeness (QED) is 0.456. The third kappa shape index (κ3) is 3.63. The second kappa shape index (κ2) is 6.30. The number of hydrogen-bond acceptors (Lipinski definition) is 4. The van der Waals surface area contributed by atoms with Gasteiger partial charge in [0, 0.05) is 17.8 Å². The zero-order valence-corrected chi connectivity index (χ0v) is 13.5. The highest BCUT2D eigenvalue weighted by Crippen LogP contribution is 2.68. The van der Waals surface area contributed by atoms with Crippen LogP contribution < -0.4 is 0 Å². The van der Waals surface area contributed by atoms with Gasteiger partial charge in [-0.05, 0) is 12.8 Å². The molecule has 1 heterocycles. The molecule has 0 spiro atoms. The summed E-state index contributed by atoms with van der Waals surface area (Å²) in [7, 11) is -10.9. The zero-order chi connectivity index (χ0) is 16.5. The lowest BCUT2D eigenvalue weighted by Gasteiger charge is -2.30. The van der Waals surface area contributed by atoms with Crippen LogP contribution in [0.15, 0.2) is 12.5 Å². The lowest BCUT2D eigenvalue weighted by Crippen LogP contribution is -2.34. The van der Waals surface area contributed by atoms with Gasteiger partial charge in [-0.3, -0.25) is 9.13 Å². The minimum atomic E-state index is -5.47. The Balaban J connectivity index is 3.28. The molecule has 0 atom stereocenters. The van der Waals surface area contributed by atoms with Crippen molar-refractivity contribution >= 4 is 15.2 Å². The van der Waals surface area contributed by atoms with Crippen LogP contribution in [0.1, 0.15) is 38.3 Å². The molecule has 0 radical (unpaired) electrons. The van der Waals surface area contributed by atoms with Gasteiger partial charge in [0.15, 0.2) is 0 Å². The lowest BCUT2D eigenvalue weighted by atomic mass is 10.00. The fraction of sp³-hybridized carbons (Fsp3) is 0.700.